The van der Waals surface area contributed by atoms with Gasteiger partial charge < -0.3 is 5.32 Å². The lowest BCUT2D eigenvalue weighted by Gasteiger charge is -2.15. The van der Waals surface area contributed by atoms with E-state index in [-0.39, 0.29) is 6.04 Å². The molecule has 118 valence electrons. The minimum absolute atomic E-state index is 0.0619. The Bertz CT molecular complexity index is 592. The maximum atomic E-state index is 12.5. The number of benzene rings is 1. The molecule has 1 N–H and O–H groups in total. The Morgan fingerprint density at radius 1 is 1.09 bits per heavy atom. The van der Waals surface area contributed by atoms with Crippen molar-refractivity contribution < 1.29 is 13.2 Å². The number of nitrogens with one attached hydrogen (secondary N) is 1. The molecule has 22 heavy (non-hydrogen) atoms. The Balaban J connectivity index is 1.95. The summed E-state index contributed by atoms with van der Waals surface area (Å²) in [7, 11) is 0. The van der Waals surface area contributed by atoms with Crippen LogP contribution >= 0.6 is 0 Å². The lowest BCUT2D eigenvalue weighted by Crippen LogP contribution is -2.18. The second kappa shape index (κ2) is 6.87. The molecule has 0 aliphatic carbocycles. The molecule has 3 nitrogen and oxygen atoms in total. The topological polar surface area (TPSA) is 37.8 Å². The van der Waals surface area contributed by atoms with Gasteiger partial charge in [0.25, 0.3) is 0 Å². The molecule has 0 amide bonds. The second-order valence-electron chi connectivity index (χ2n) is 5.08. The van der Waals surface area contributed by atoms with E-state index in [4.69, 9.17) is 0 Å². The average Bonchev–Trinajstić information content (AvgIpc) is 2.52. The second-order valence-corrected chi connectivity index (χ2v) is 5.08. The van der Waals surface area contributed by atoms with Gasteiger partial charge in [-0.1, -0.05) is 19.1 Å². The van der Waals surface area contributed by atoms with Crippen molar-refractivity contribution in [3.8, 4) is 0 Å². The maximum Gasteiger partial charge on any atom is 0.416 e. The Morgan fingerprint density at radius 3 is 2.18 bits per heavy atom. The molecule has 0 spiro atoms. The third kappa shape index (κ3) is 4.27. The predicted octanol–water partition coefficient (Wildman–Crippen LogP) is 3.91. The number of halogens is 3. The van der Waals surface area contributed by atoms with Gasteiger partial charge in [-0.15, -0.1) is 0 Å². The Hall–Kier alpha value is -1.95. The number of aryl methyl sites for hydroxylation is 1. The summed E-state index contributed by atoms with van der Waals surface area (Å²) >= 11 is 0. The first-order valence-electron chi connectivity index (χ1n) is 7.10. The van der Waals surface area contributed by atoms with E-state index in [1.165, 1.54) is 12.1 Å². The van der Waals surface area contributed by atoms with Crippen LogP contribution in [0, 0.1) is 0 Å². The summed E-state index contributed by atoms with van der Waals surface area (Å²) in [5.41, 5.74) is 1.11. The first-order chi connectivity index (χ1) is 10.4. The van der Waals surface area contributed by atoms with E-state index in [1.807, 2.05) is 13.8 Å². The highest BCUT2D eigenvalue weighted by Crippen LogP contribution is 2.29. The lowest BCUT2D eigenvalue weighted by molar-refractivity contribution is -0.137. The molecule has 1 aromatic heterocycles. The highest BCUT2D eigenvalue weighted by atomic mass is 19.4. The zero-order valence-electron chi connectivity index (χ0n) is 12.5. The third-order valence-corrected chi connectivity index (χ3v) is 3.43. The molecule has 0 unspecified atom stereocenters. The molecule has 0 radical (unpaired) electrons. The summed E-state index contributed by atoms with van der Waals surface area (Å²) in [6.45, 7) is 4.45. The summed E-state index contributed by atoms with van der Waals surface area (Å²) < 4.78 is 37.6. The molecule has 2 rings (SSSR count). The van der Waals surface area contributed by atoms with E-state index < -0.39 is 11.7 Å². The van der Waals surface area contributed by atoms with Gasteiger partial charge in [-0.25, -0.2) is 9.97 Å². The monoisotopic (exact) mass is 309 g/mol. The highest BCUT2D eigenvalue weighted by Gasteiger charge is 2.30. The molecule has 0 saturated heterocycles. The van der Waals surface area contributed by atoms with Crippen LogP contribution in [0.2, 0.25) is 0 Å². The molecule has 0 aliphatic rings. The van der Waals surface area contributed by atoms with Gasteiger partial charge in [0.05, 0.1) is 5.56 Å². The normalized spacial score (nSPS) is 13.1. The number of hydrogen-bond acceptors (Lipinski definition) is 3. The smallest absolute Gasteiger partial charge is 0.306 e. The van der Waals surface area contributed by atoms with Crippen molar-refractivity contribution in [2.45, 2.75) is 39.0 Å². The fraction of sp³-hybridized carbons (Fsp3) is 0.375. The zero-order valence-corrected chi connectivity index (χ0v) is 12.5. The van der Waals surface area contributed by atoms with Crippen LogP contribution in [0.15, 0.2) is 36.7 Å². The van der Waals surface area contributed by atoms with Gasteiger partial charge in [-0.05, 0) is 24.6 Å². The fourth-order valence-corrected chi connectivity index (χ4v) is 2.00. The van der Waals surface area contributed by atoms with Crippen LogP contribution in [-0.4, -0.2) is 9.97 Å². The van der Waals surface area contributed by atoms with Crippen LogP contribution in [-0.2, 0) is 19.1 Å². The van der Waals surface area contributed by atoms with Crippen molar-refractivity contribution in [3.05, 3.63) is 59.2 Å². The van der Waals surface area contributed by atoms with Crippen LogP contribution in [0.5, 0.6) is 0 Å². The molecule has 6 heteroatoms. The van der Waals surface area contributed by atoms with Crippen LogP contribution < -0.4 is 5.32 Å². The third-order valence-electron chi connectivity index (χ3n) is 3.43. The Labute approximate surface area is 127 Å². The van der Waals surface area contributed by atoms with Gasteiger partial charge >= 0.3 is 6.18 Å². The quantitative estimate of drug-likeness (QED) is 0.910. The van der Waals surface area contributed by atoms with E-state index in [1.54, 1.807) is 12.4 Å². The number of rotatable bonds is 5. The molecule has 0 saturated carbocycles. The van der Waals surface area contributed by atoms with Crippen LogP contribution in [0.25, 0.3) is 0 Å². The van der Waals surface area contributed by atoms with Crippen LogP contribution in [0.3, 0.4) is 0 Å². The Kier molecular flexibility index (Phi) is 5.13. The van der Waals surface area contributed by atoms with Crippen molar-refractivity contribution >= 4 is 0 Å². The summed E-state index contributed by atoms with van der Waals surface area (Å²) in [5.74, 6) is 0.791. The molecular weight excluding hydrogens is 291 g/mol. The average molecular weight is 309 g/mol. The minimum atomic E-state index is -4.30. The van der Waals surface area contributed by atoms with Crippen molar-refractivity contribution in [1.29, 1.82) is 0 Å². The van der Waals surface area contributed by atoms with E-state index in [0.717, 1.165) is 35.5 Å². The molecular formula is C16H18F3N3. The van der Waals surface area contributed by atoms with E-state index in [0.29, 0.717) is 6.54 Å². The van der Waals surface area contributed by atoms with Gasteiger partial charge in [0.2, 0.25) is 0 Å². The standard InChI is InChI=1S/C16H18F3N3/c1-3-15-21-9-12(10-22-15)8-20-11(2)13-4-6-14(7-5-13)16(17,18)19/h4-7,9-11,20H,3,8H2,1-2H3/t11-/m1/s1. The first kappa shape index (κ1) is 16.4. The number of nitrogens with zero attached hydrogens (tertiary/aromatic N) is 2. The largest absolute Gasteiger partial charge is 0.416 e. The lowest BCUT2D eigenvalue weighted by atomic mass is 10.1. The van der Waals surface area contributed by atoms with Crippen molar-refractivity contribution in [2.24, 2.45) is 0 Å². The molecule has 0 aliphatic heterocycles. The molecule has 1 heterocycles. The van der Waals surface area contributed by atoms with E-state index >= 15 is 0 Å². The first-order valence-corrected chi connectivity index (χ1v) is 7.10. The fourth-order valence-electron chi connectivity index (χ4n) is 2.00. The molecule has 0 fully saturated rings. The summed E-state index contributed by atoms with van der Waals surface area (Å²) in [4.78, 5) is 8.42. The van der Waals surface area contributed by atoms with Gasteiger partial charge in [0.15, 0.2) is 0 Å². The van der Waals surface area contributed by atoms with Crippen LogP contribution in [0.1, 0.15) is 42.4 Å². The van der Waals surface area contributed by atoms with Crippen LogP contribution in [0.4, 0.5) is 13.2 Å². The number of alkyl halides is 3. The minimum Gasteiger partial charge on any atom is -0.306 e. The van der Waals surface area contributed by atoms with E-state index in [9.17, 15) is 13.2 Å². The van der Waals surface area contributed by atoms with Gasteiger partial charge in [-0.3, -0.25) is 0 Å². The van der Waals surface area contributed by atoms with Crippen molar-refractivity contribution in [1.82, 2.24) is 15.3 Å². The van der Waals surface area contributed by atoms with Gasteiger partial charge in [0.1, 0.15) is 5.82 Å². The van der Waals surface area contributed by atoms with Gasteiger partial charge in [-0.2, -0.15) is 13.2 Å². The number of hydrogen-bond donors (Lipinski definition) is 1. The highest BCUT2D eigenvalue weighted by molar-refractivity contribution is 5.26. The van der Waals surface area contributed by atoms with E-state index in [2.05, 4.69) is 15.3 Å². The van der Waals surface area contributed by atoms with Crippen molar-refractivity contribution in [3.63, 3.8) is 0 Å². The molecule has 2 aromatic rings. The number of aromatic nitrogens is 2. The molecule has 1 aromatic carbocycles. The zero-order chi connectivity index (χ0) is 16.2. The molecule has 1 atom stereocenters. The van der Waals surface area contributed by atoms with Gasteiger partial charge in [0, 0.05) is 37.0 Å². The van der Waals surface area contributed by atoms with Crippen molar-refractivity contribution in [2.75, 3.05) is 0 Å². The maximum absolute atomic E-state index is 12.5. The predicted molar refractivity (Wildman–Crippen MR) is 78.1 cm³/mol. The Morgan fingerprint density at radius 2 is 1.68 bits per heavy atom. The molecule has 0 bridgehead atoms. The SMILES string of the molecule is CCc1ncc(CN[C@H](C)c2ccc(C(F)(F)F)cc2)cn1. The summed E-state index contributed by atoms with van der Waals surface area (Å²) in [5, 5.41) is 3.25. The summed E-state index contributed by atoms with van der Waals surface area (Å²) in [6.07, 6.45) is 0.0137. The summed E-state index contributed by atoms with van der Waals surface area (Å²) in [6, 6.07) is 5.14.